The minimum Gasteiger partial charge on any atom is -0.379 e. The summed E-state index contributed by atoms with van der Waals surface area (Å²) in [5, 5.41) is 10.8. The maximum absolute atomic E-state index is 11.6. The molecule has 1 saturated carbocycles. The van der Waals surface area contributed by atoms with Crippen LogP contribution < -0.4 is 16.2 Å². The van der Waals surface area contributed by atoms with Gasteiger partial charge in [0.15, 0.2) is 0 Å². The van der Waals surface area contributed by atoms with Crippen LogP contribution in [-0.4, -0.2) is 28.9 Å². The van der Waals surface area contributed by atoms with Crippen molar-refractivity contribution in [1.82, 2.24) is 15.1 Å². The van der Waals surface area contributed by atoms with Gasteiger partial charge in [-0.1, -0.05) is 11.6 Å². The lowest BCUT2D eigenvalue weighted by Gasteiger charge is -2.10. The van der Waals surface area contributed by atoms with Crippen LogP contribution >= 0.6 is 11.6 Å². The molecule has 1 aliphatic heterocycles. The number of aryl methyl sites for hydroxylation is 1. The van der Waals surface area contributed by atoms with Gasteiger partial charge in [-0.25, -0.2) is 4.68 Å². The first-order chi connectivity index (χ1) is 7.68. The fourth-order valence-corrected chi connectivity index (χ4v) is 2.65. The van der Waals surface area contributed by atoms with E-state index in [4.69, 9.17) is 11.6 Å². The van der Waals surface area contributed by atoms with Gasteiger partial charge in [0.05, 0.1) is 11.9 Å². The van der Waals surface area contributed by atoms with Crippen molar-refractivity contribution in [3.05, 3.63) is 21.6 Å². The summed E-state index contributed by atoms with van der Waals surface area (Å²) in [6.45, 7) is 2.11. The Kier molecular flexibility index (Phi) is 2.19. The van der Waals surface area contributed by atoms with E-state index in [2.05, 4.69) is 15.7 Å². The van der Waals surface area contributed by atoms with Gasteiger partial charge in [-0.2, -0.15) is 5.10 Å². The zero-order valence-corrected chi connectivity index (χ0v) is 9.66. The van der Waals surface area contributed by atoms with Crippen LogP contribution in [-0.2, 0) is 7.05 Å². The van der Waals surface area contributed by atoms with Crippen LogP contribution in [0.4, 0.5) is 5.69 Å². The fraction of sp³-hybridized carbons (Fsp3) is 0.600. The van der Waals surface area contributed by atoms with E-state index in [-0.39, 0.29) is 10.6 Å². The number of halogens is 1. The highest BCUT2D eigenvalue weighted by molar-refractivity contribution is 6.32. The summed E-state index contributed by atoms with van der Waals surface area (Å²) < 4.78 is 1.24. The number of aromatic nitrogens is 2. The summed E-state index contributed by atoms with van der Waals surface area (Å²) in [4.78, 5) is 11.6. The molecule has 0 amide bonds. The maximum Gasteiger partial charge on any atom is 0.287 e. The van der Waals surface area contributed by atoms with Crippen molar-refractivity contribution in [3.8, 4) is 0 Å². The molecule has 0 bridgehead atoms. The zero-order valence-electron chi connectivity index (χ0n) is 8.90. The van der Waals surface area contributed by atoms with Crippen molar-refractivity contribution in [3.63, 3.8) is 0 Å². The molecule has 16 heavy (non-hydrogen) atoms. The maximum atomic E-state index is 11.6. The topological polar surface area (TPSA) is 59.0 Å². The molecular formula is C10H13ClN4O. The van der Waals surface area contributed by atoms with Crippen molar-refractivity contribution in [2.75, 3.05) is 18.4 Å². The molecule has 2 N–H and O–H groups in total. The van der Waals surface area contributed by atoms with Gasteiger partial charge < -0.3 is 10.6 Å². The first-order valence-corrected chi connectivity index (χ1v) is 5.75. The number of fused-ring (bicyclic) bond motifs is 1. The molecule has 2 heterocycles. The summed E-state index contributed by atoms with van der Waals surface area (Å²) in [5.41, 5.74) is 0.403. The summed E-state index contributed by atoms with van der Waals surface area (Å²) in [5.74, 6) is 1.36. The van der Waals surface area contributed by atoms with Gasteiger partial charge in [0.1, 0.15) is 5.02 Å². The third-order valence-corrected chi connectivity index (χ3v) is 3.86. The van der Waals surface area contributed by atoms with Gasteiger partial charge in [0, 0.05) is 26.2 Å². The summed E-state index contributed by atoms with van der Waals surface area (Å²) in [6, 6.07) is 0.452. The van der Waals surface area contributed by atoms with Crippen LogP contribution in [0.1, 0.15) is 0 Å². The number of anilines is 1. The molecular weight excluding hydrogens is 228 g/mol. The van der Waals surface area contributed by atoms with Crippen LogP contribution in [0.2, 0.25) is 5.02 Å². The fourth-order valence-electron chi connectivity index (χ4n) is 2.42. The smallest absolute Gasteiger partial charge is 0.287 e. The van der Waals surface area contributed by atoms with E-state index in [1.165, 1.54) is 4.68 Å². The molecule has 2 aliphatic rings. The number of hydrogen-bond acceptors (Lipinski definition) is 4. The first kappa shape index (κ1) is 10.1. The quantitative estimate of drug-likeness (QED) is 0.768. The van der Waals surface area contributed by atoms with E-state index in [0.717, 1.165) is 13.1 Å². The Morgan fingerprint density at radius 2 is 2.25 bits per heavy atom. The van der Waals surface area contributed by atoms with E-state index in [1.807, 2.05) is 0 Å². The highest BCUT2D eigenvalue weighted by Crippen LogP contribution is 2.44. The molecule has 1 saturated heterocycles. The molecule has 1 aliphatic carbocycles. The van der Waals surface area contributed by atoms with E-state index in [9.17, 15) is 4.79 Å². The van der Waals surface area contributed by atoms with Gasteiger partial charge in [-0.3, -0.25) is 4.79 Å². The van der Waals surface area contributed by atoms with E-state index in [1.54, 1.807) is 13.2 Å². The van der Waals surface area contributed by atoms with Gasteiger partial charge in [0.2, 0.25) is 0 Å². The lowest BCUT2D eigenvalue weighted by atomic mass is 10.4. The molecule has 0 spiro atoms. The Hall–Kier alpha value is -1.07. The second-order valence-corrected chi connectivity index (χ2v) is 4.84. The van der Waals surface area contributed by atoms with Crippen LogP contribution in [0.15, 0.2) is 11.0 Å². The normalized spacial score (nSPS) is 31.2. The van der Waals surface area contributed by atoms with Crippen molar-refractivity contribution >= 4 is 17.3 Å². The minimum absolute atomic E-state index is 0.232. The predicted octanol–water partition coefficient (Wildman–Crippen LogP) is 0.0634. The van der Waals surface area contributed by atoms with Crippen LogP contribution in [0.25, 0.3) is 0 Å². The standard InChI is InChI=1S/C10H13ClN4O/c1-15-10(16)8(11)7(4-13-15)14-9-5-2-12-3-6(5)9/h4-6,9,12,14H,2-3H2,1H3. The van der Waals surface area contributed by atoms with Crippen molar-refractivity contribution in [2.45, 2.75) is 6.04 Å². The largest absolute Gasteiger partial charge is 0.379 e. The number of hydrogen-bond donors (Lipinski definition) is 2. The number of piperidine rings is 1. The molecule has 2 unspecified atom stereocenters. The Bertz CT molecular complexity index is 476. The molecule has 3 rings (SSSR count). The van der Waals surface area contributed by atoms with Gasteiger partial charge in [0.25, 0.3) is 5.56 Å². The molecule has 1 aromatic heterocycles. The third-order valence-electron chi connectivity index (χ3n) is 3.49. The Labute approximate surface area is 97.8 Å². The molecule has 2 fully saturated rings. The van der Waals surface area contributed by atoms with Gasteiger partial charge in [-0.05, 0) is 11.8 Å². The van der Waals surface area contributed by atoms with E-state index < -0.39 is 0 Å². The second kappa shape index (κ2) is 3.46. The summed E-state index contributed by atoms with van der Waals surface area (Å²) >= 11 is 5.98. The molecule has 0 aromatic carbocycles. The number of nitrogens with one attached hydrogen (secondary N) is 2. The zero-order chi connectivity index (χ0) is 11.3. The Morgan fingerprint density at radius 3 is 2.94 bits per heavy atom. The average molecular weight is 241 g/mol. The monoisotopic (exact) mass is 240 g/mol. The highest BCUT2D eigenvalue weighted by atomic mass is 35.5. The summed E-state index contributed by atoms with van der Waals surface area (Å²) in [7, 11) is 1.59. The highest BCUT2D eigenvalue weighted by Gasteiger charge is 2.53. The molecule has 6 heteroatoms. The van der Waals surface area contributed by atoms with Gasteiger partial charge in [-0.15, -0.1) is 0 Å². The molecule has 1 aromatic rings. The molecule has 5 nitrogen and oxygen atoms in total. The minimum atomic E-state index is -0.254. The van der Waals surface area contributed by atoms with E-state index >= 15 is 0 Å². The second-order valence-electron chi connectivity index (χ2n) is 4.46. The number of rotatable bonds is 2. The molecule has 2 atom stereocenters. The number of nitrogens with zero attached hydrogens (tertiary/aromatic N) is 2. The predicted molar refractivity (Wildman–Crippen MR) is 61.7 cm³/mol. The van der Waals surface area contributed by atoms with Crippen LogP contribution in [0.5, 0.6) is 0 Å². The summed E-state index contributed by atoms with van der Waals surface area (Å²) in [6.07, 6.45) is 1.62. The SMILES string of the molecule is Cn1ncc(NC2C3CNCC32)c(Cl)c1=O. The van der Waals surface area contributed by atoms with Crippen molar-refractivity contribution < 1.29 is 0 Å². The average Bonchev–Trinajstić information content (AvgIpc) is 2.74. The Balaban J connectivity index is 1.81. The van der Waals surface area contributed by atoms with Crippen LogP contribution in [0.3, 0.4) is 0 Å². The Morgan fingerprint density at radius 1 is 1.56 bits per heavy atom. The molecule has 0 radical (unpaired) electrons. The van der Waals surface area contributed by atoms with Crippen molar-refractivity contribution in [1.29, 1.82) is 0 Å². The van der Waals surface area contributed by atoms with E-state index in [0.29, 0.717) is 23.6 Å². The lowest BCUT2D eigenvalue weighted by Crippen LogP contribution is -2.24. The van der Waals surface area contributed by atoms with Gasteiger partial charge >= 0.3 is 0 Å². The lowest BCUT2D eigenvalue weighted by molar-refractivity contribution is 0.689. The molecule has 86 valence electrons. The van der Waals surface area contributed by atoms with Crippen molar-refractivity contribution in [2.24, 2.45) is 18.9 Å². The van der Waals surface area contributed by atoms with Crippen LogP contribution in [0, 0.1) is 11.8 Å². The third kappa shape index (κ3) is 1.43. The first-order valence-electron chi connectivity index (χ1n) is 5.37.